The van der Waals surface area contributed by atoms with E-state index in [0.29, 0.717) is 51.7 Å². The first kappa shape index (κ1) is 18.5. The van der Waals surface area contributed by atoms with Crippen LogP contribution >= 0.6 is 0 Å². The summed E-state index contributed by atoms with van der Waals surface area (Å²) in [5.41, 5.74) is -0.842. The van der Waals surface area contributed by atoms with Gasteiger partial charge >= 0.3 is 5.97 Å². The van der Waals surface area contributed by atoms with Gasteiger partial charge in [0.05, 0.1) is 5.41 Å². The Hall–Kier alpha value is -1.59. The second kappa shape index (κ2) is 8.15. The molecule has 1 unspecified atom stereocenters. The second-order valence-electron chi connectivity index (χ2n) is 6.20. The van der Waals surface area contributed by atoms with Crippen LogP contribution in [0.2, 0.25) is 0 Å². The normalized spacial score (nSPS) is 21.5. The number of aliphatic carboxylic acids is 1. The lowest BCUT2D eigenvalue weighted by Gasteiger charge is -2.37. The second-order valence-corrected chi connectivity index (χ2v) is 6.20. The fourth-order valence-corrected chi connectivity index (χ4v) is 2.91. The summed E-state index contributed by atoms with van der Waals surface area (Å²) in [5.74, 6) is -0.812. The molecule has 6 nitrogen and oxygen atoms in total. The first-order valence-corrected chi connectivity index (χ1v) is 8.13. The molecule has 6 heteroatoms. The number of nitrogens with zero attached hydrogens (tertiary/aromatic N) is 2. The number of rotatable bonds is 7. The van der Waals surface area contributed by atoms with E-state index in [9.17, 15) is 19.5 Å². The van der Waals surface area contributed by atoms with E-state index in [-0.39, 0.29) is 18.4 Å². The van der Waals surface area contributed by atoms with E-state index in [0.717, 1.165) is 0 Å². The Labute approximate surface area is 132 Å². The van der Waals surface area contributed by atoms with Crippen LogP contribution in [0.4, 0.5) is 0 Å². The molecule has 1 N–H and O–H groups in total. The molecule has 0 aromatic rings. The van der Waals surface area contributed by atoms with Gasteiger partial charge in [-0.3, -0.25) is 14.4 Å². The number of carbonyl (C=O) groups excluding carboxylic acids is 2. The van der Waals surface area contributed by atoms with E-state index >= 15 is 0 Å². The van der Waals surface area contributed by atoms with Gasteiger partial charge in [0.25, 0.3) is 0 Å². The summed E-state index contributed by atoms with van der Waals surface area (Å²) in [5, 5.41) is 9.27. The van der Waals surface area contributed by atoms with Gasteiger partial charge in [0.15, 0.2) is 0 Å². The molecule has 0 bridgehead atoms. The van der Waals surface area contributed by atoms with E-state index in [1.807, 2.05) is 13.8 Å². The Morgan fingerprint density at radius 1 is 1.18 bits per heavy atom. The Morgan fingerprint density at radius 2 is 1.82 bits per heavy atom. The number of hydrogen-bond donors (Lipinski definition) is 1. The van der Waals surface area contributed by atoms with Gasteiger partial charge in [-0.1, -0.05) is 0 Å². The van der Waals surface area contributed by atoms with Crippen LogP contribution in [0.15, 0.2) is 0 Å². The zero-order chi connectivity index (χ0) is 16.8. The molecule has 1 atom stereocenters. The van der Waals surface area contributed by atoms with Crippen molar-refractivity contribution in [3.8, 4) is 0 Å². The summed E-state index contributed by atoms with van der Waals surface area (Å²) in [6.07, 6.45) is 2.52. The molecule has 1 saturated heterocycles. The van der Waals surface area contributed by atoms with Gasteiger partial charge in [0.1, 0.15) is 0 Å². The summed E-state index contributed by atoms with van der Waals surface area (Å²) >= 11 is 0. The van der Waals surface area contributed by atoms with Crippen molar-refractivity contribution in [2.75, 3.05) is 26.2 Å². The zero-order valence-corrected chi connectivity index (χ0v) is 13.9. The molecule has 1 aliphatic rings. The van der Waals surface area contributed by atoms with Crippen molar-refractivity contribution in [1.29, 1.82) is 0 Å². The van der Waals surface area contributed by atoms with Crippen molar-refractivity contribution in [1.82, 2.24) is 9.80 Å². The third-order valence-electron chi connectivity index (χ3n) is 4.46. The van der Waals surface area contributed by atoms with Crippen LogP contribution in [-0.2, 0) is 14.4 Å². The maximum atomic E-state index is 12.2. The number of carbonyl (C=O) groups is 3. The highest BCUT2D eigenvalue weighted by Gasteiger charge is 2.39. The quantitative estimate of drug-likeness (QED) is 0.776. The predicted molar refractivity (Wildman–Crippen MR) is 83.3 cm³/mol. The fraction of sp³-hybridized carbons (Fsp3) is 0.812. The third-order valence-corrected chi connectivity index (χ3v) is 4.46. The van der Waals surface area contributed by atoms with Crippen LogP contribution in [0.3, 0.4) is 0 Å². The molecule has 1 aliphatic heterocycles. The van der Waals surface area contributed by atoms with Gasteiger partial charge in [-0.15, -0.1) is 0 Å². The highest BCUT2D eigenvalue weighted by molar-refractivity contribution is 5.80. The van der Waals surface area contributed by atoms with Crippen LogP contribution in [-0.4, -0.2) is 58.9 Å². The molecular formula is C16H28N2O4. The van der Waals surface area contributed by atoms with Gasteiger partial charge in [0.2, 0.25) is 11.8 Å². The maximum Gasteiger partial charge on any atom is 0.311 e. The first-order valence-electron chi connectivity index (χ1n) is 8.13. The zero-order valence-electron chi connectivity index (χ0n) is 13.9. The number of carboxylic acid groups (broad SMARTS) is 1. The molecule has 1 heterocycles. The minimum atomic E-state index is -0.846. The van der Waals surface area contributed by atoms with E-state index in [1.54, 1.807) is 16.7 Å². The van der Waals surface area contributed by atoms with Crippen LogP contribution in [0.25, 0.3) is 0 Å². The Morgan fingerprint density at radius 3 is 2.36 bits per heavy atom. The van der Waals surface area contributed by atoms with E-state index in [1.165, 1.54) is 0 Å². The molecule has 0 aromatic heterocycles. The lowest BCUT2D eigenvalue weighted by Crippen LogP contribution is -2.48. The standard InChI is InChI=1S/C16H28N2O4/c1-4-17(5-2)13(19)8-6-9-14(20)18-11-7-10-16(3,12-18)15(21)22/h4-12H2,1-3H3,(H,21,22). The lowest BCUT2D eigenvalue weighted by atomic mass is 9.82. The lowest BCUT2D eigenvalue weighted by molar-refractivity contribution is -0.153. The number of likely N-dealkylation sites (tertiary alicyclic amines) is 1. The third kappa shape index (κ3) is 4.71. The van der Waals surface area contributed by atoms with Crippen molar-refractivity contribution in [3.05, 3.63) is 0 Å². The average molecular weight is 312 g/mol. The maximum absolute atomic E-state index is 12.2. The number of carboxylic acids is 1. The van der Waals surface area contributed by atoms with Crippen molar-refractivity contribution in [2.45, 2.75) is 52.9 Å². The molecule has 0 aromatic carbocycles. The largest absolute Gasteiger partial charge is 0.481 e. The molecule has 1 fully saturated rings. The summed E-state index contributed by atoms with van der Waals surface area (Å²) in [6.45, 7) is 7.83. The topological polar surface area (TPSA) is 77.9 Å². The van der Waals surface area contributed by atoms with E-state index < -0.39 is 11.4 Å². The summed E-state index contributed by atoms with van der Waals surface area (Å²) in [4.78, 5) is 38.8. The smallest absolute Gasteiger partial charge is 0.311 e. The average Bonchev–Trinajstić information content (AvgIpc) is 2.48. The molecule has 126 valence electrons. The molecule has 0 saturated carbocycles. The van der Waals surface area contributed by atoms with Gasteiger partial charge in [0, 0.05) is 39.0 Å². The van der Waals surface area contributed by atoms with Crippen LogP contribution in [0, 0.1) is 5.41 Å². The molecule has 22 heavy (non-hydrogen) atoms. The van der Waals surface area contributed by atoms with Crippen molar-refractivity contribution < 1.29 is 19.5 Å². The van der Waals surface area contributed by atoms with Gasteiger partial charge in [-0.05, 0) is 40.0 Å². The highest BCUT2D eigenvalue weighted by Crippen LogP contribution is 2.30. The number of hydrogen-bond acceptors (Lipinski definition) is 3. The summed E-state index contributed by atoms with van der Waals surface area (Å²) in [7, 11) is 0. The number of amides is 2. The fourth-order valence-electron chi connectivity index (χ4n) is 2.91. The van der Waals surface area contributed by atoms with Crippen molar-refractivity contribution in [2.24, 2.45) is 5.41 Å². The Kier molecular flexibility index (Phi) is 6.84. The van der Waals surface area contributed by atoms with E-state index in [4.69, 9.17) is 0 Å². The molecule has 0 aliphatic carbocycles. The van der Waals surface area contributed by atoms with E-state index in [2.05, 4.69) is 0 Å². The minimum absolute atomic E-state index is 0.0421. The molecule has 1 rings (SSSR count). The van der Waals surface area contributed by atoms with Crippen LogP contribution in [0.1, 0.15) is 52.9 Å². The SMILES string of the molecule is CCN(CC)C(=O)CCCC(=O)N1CCCC(C)(C(=O)O)C1. The Balaban J connectivity index is 2.42. The predicted octanol–water partition coefficient (Wildman–Crippen LogP) is 1.74. The highest BCUT2D eigenvalue weighted by atomic mass is 16.4. The monoisotopic (exact) mass is 312 g/mol. The molecule has 0 radical (unpaired) electrons. The van der Waals surface area contributed by atoms with Gasteiger partial charge in [-0.25, -0.2) is 0 Å². The first-order chi connectivity index (χ1) is 10.3. The van der Waals surface area contributed by atoms with Crippen molar-refractivity contribution >= 4 is 17.8 Å². The Bertz CT molecular complexity index is 420. The van der Waals surface area contributed by atoms with Crippen LogP contribution < -0.4 is 0 Å². The van der Waals surface area contributed by atoms with Crippen molar-refractivity contribution in [3.63, 3.8) is 0 Å². The van der Waals surface area contributed by atoms with Gasteiger partial charge in [-0.2, -0.15) is 0 Å². The number of piperidine rings is 1. The molecule has 0 spiro atoms. The minimum Gasteiger partial charge on any atom is -0.481 e. The summed E-state index contributed by atoms with van der Waals surface area (Å²) in [6, 6.07) is 0. The molecular weight excluding hydrogens is 284 g/mol. The summed E-state index contributed by atoms with van der Waals surface area (Å²) < 4.78 is 0. The van der Waals surface area contributed by atoms with Crippen LogP contribution in [0.5, 0.6) is 0 Å². The molecule has 2 amide bonds. The van der Waals surface area contributed by atoms with Gasteiger partial charge < -0.3 is 14.9 Å².